The number of amides is 2. The standard InChI is InChI=1S/C10H17F2N3O2/c1-2-3-13-8(16)5-14-9(17)7-4-10(11,12)6-15-7/h7,15H,2-6H2,1H3,(H,13,16)(H,14,17). The van der Waals surface area contributed by atoms with Gasteiger partial charge in [-0.05, 0) is 6.42 Å². The number of carbonyl (C=O) groups excluding carboxylic acids is 2. The van der Waals surface area contributed by atoms with E-state index in [9.17, 15) is 18.4 Å². The first-order valence-electron chi connectivity index (χ1n) is 5.60. The third kappa shape index (κ3) is 4.64. The number of halogens is 2. The molecule has 1 heterocycles. The van der Waals surface area contributed by atoms with Gasteiger partial charge in [0.15, 0.2) is 0 Å². The van der Waals surface area contributed by atoms with Crippen molar-refractivity contribution in [2.45, 2.75) is 31.7 Å². The van der Waals surface area contributed by atoms with Crippen LogP contribution in [0, 0.1) is 0 Å². The van der Waals surface area contributed by atoms with Crippen LogP contribution in [0.1, 0.15) is 19.8 Å². The van der Waals surface area contributed by atoms with Crippen LogP contribution < -0.4 is 16.0 Å². The van der Waals surface area contributed by atoms with Gasteiger partial charge in [-0.15, -0.1) is 0 Å². The molecule has 1 unspecified atom stereocenters. The molecule has 0 radical (unpaired) electrons. The molecule has 0 spiro atoms. The maximum absolute atomic E-state index is 12.8. The molecular weight excluding hydrogens is 232 g/mol. The van der Waals surface area contributed by atoms with Crippen LogP contribution in [0.4, 0.5) is 8.78 Å². The molecule has 17 heavy (non-hydrogen) atoms. The summed E-state index contributed by atoms with van der Waals surface area (Å²) in [7, 11) is 0. The van der Waals surface area contributed by atoms with E-state index in [1.54, 1.807) is 0 Å². The molecule has 98 valence electrons. The summed E-state index contributed by atoms with van der Waals surface area (Å²) in [6.45, 7) is 1.77. The molecule has 0 aromatic rings. The Labute approximate surface area is 98.3 Å². The lowest BCUT2D eigenvalue weighted by molar-refractivity contribution is -0.127. The van der Waals surface area contributed by atoms with Crippen LogP contribution in [0.15, 0.2) is 0 Å². The van der Waals surface area contributed by atoms with Crippen molar-refractivity contribution >= 4 is 11.8 Å². The summed E-state index contributed by atoms with van der Waals surface area (Å²) in [5.74, 6) is -3.72. The van der Waals surface area contributed by atoms with E-state index in [1.807, 2.05) is 6.92 Å². The van der Waals surface area contributed by atoms with Crippen molar-refractivity contribution in [2.75, 3.05) is 19.6 Å². The molecule has 0 saturated carbocycles. The minimum Gasteiger partial charge on any atom is -0.355 e. The summed E-state index contributed by atoms with van der Waals surface area (Å²) < 4.78 is 25.6. The normalized spacial score (nSPS) is 22.2. The van der Waals surface area contributed by atoms with Gasteiger partial charge in [-0.3, -0.25) is 14.9 Å². The number of hydrogen-bond donors (Lipinski definition) is 3. The van der Waals surface area contributed by atoms with E-state index in [1.165, 1.54) is 0 Å². The lowest BCUT2D eigenvalue weighted by atomic mass is 10.2. The first-order valence-corrected chi connectivity index (χ1v) is 5.60. The zero-order valence-corrected chi connectivity index (χ0v) is 9.69. The lowest BCUT2D eigenvalue weighted by Crippen LogP contribution is -2.44. The molecule has 1 aliphatic heterocycles. The topological polar surface area (TPSA) is 70.2 Å². The van der Waals surface area contributed by atoms with Crippen molar-refractivity contribution in [2.24, 2.45) is 0 Å². The Hall–Kier alpha value is -1.24. The second kappa shape index (κ2) is 5.90. The lowest BCUT2D eigenvalue weighted by Gasteiger charge is -2.11. The van der Waals surface area contributed by atoms with Gasteiger partial charge in [0.2, 0.25) is 11.8 Å². The van der Waals surface area contributed by atoms with E-state index >= 15 is 0 Å². The first kappa shape index (κ1) is 13.8. The molecule has 5 nitrogen and oxygen atoms in total. The smallest absolute Gasteiger partial charge is 0.262 e. The number of alkyl halides is 2. The van der Waals surface area contributed by atoms with Gasteiger partial charge in [-0.2, -0.15) is 0 Å². The summed E-state index contributed by atoms with van der Waals surface area (Å²) in [5.41, 5.74) is 0. The van der Waals surface area contributed by atoms with Crippen molar-refractivity contribution < 1.29 is 18.4 Å². The fourth-order valence-electron chi connectivity index (χ4n) is 1.52. The predicted molar refractivity (Wildman–Crippen MR) is 57.7 cm³/mol. The highest BCUT2D eigenvalue weighted by Gasteiger charge is 2.42. The molecule has 1 rings (SSSR count). The molecule has 1 fully saturated rings. The SMILES string of the molecule is CCCNC(=O)CNC(=O)C1CC(F)(F)CN1. The van der Waals surface area contributed by atoms with E-state index in [4.69, 9.17) is 0 Å². The zero-order valence-electron chi connectivity index (χ0n) is 9.69. The van der Waals surface area contributed by atoms with Gasteiger partial charge >= 0.3 is 0 Å². The summed E-state index contributed by atoms with van der Waals surface area (Å²) in [5, 5.41) is 7.32. The minimum absolute atomic E-state index is 0.178. The molecule has 7 heteroatoms. The maximum atomic E-state index is 12.8. The van der Waals surface area contributed by atoms with Crippen LogP contribution in [0.5, 0.6) is 0 Å². The average molecular weight is 249 g/mol. The van der Waals surface area contributed by atoms with Gasteiger partial charge in [0.05, 0.1) is 19.1 Å². The molecule has 0 aliphatic carbocycles. The van der Waals surface area contributed by atoms with Gasteiger partial charge in [0.1, 0.15) is 0 Å². The second-order valence-corrected chi connectivity index (χ2v) is 4.06. The quantitative estimate of drug-likeness (QED) is 0.622. The van der Waals surface area contributed by atoms with Gasteiger partial charge in [-0.25, -0.2) is 8.78 Å². The Balaban J connectivity index is 2.24. The number of hydrogen-bond acceptors (Lipinski definition) is 3. The molecule has 1 aliphatic rings. The molecule has 1 saturated heterocycles. The molecule has 2 amide bonds. The Bertz CT molecular complexity index is 297. The summed E-state index contributed by atoms with van der Waals surface area (Å²) in [6, 6.07) is -0.913. The monoisotopic (exact) mass is 249 g/mol. The van der Waals surface area contributed by atoms with Crippen molar-refractivity contribution in [3.8, 4) is 0 Å². The molecule has 1 atom stereocenters. The van der Waals surface area contributed by atoms with Crippen LogP contribution in [0.25, 0.3) is 0 Å². The third-order valence-electron chi connectivity index (χ3n) is 2.42. The van der Waals surface area contributed by atoms with Crippen LogP contribution >= 0.6 is 0 Å². The van der Waals surface area contributed by atoms with E-state index in [0.29, 0.717) is 6.54 Å². The van der Waals surface area contributed by atoms with E-state index in [-0.39, 0.29) is 12.5 Å². The average Bonchev–Trinajstić information content (AvgIpc) is 2.63. The highest BCUT2D eigenvalue weighted by atomic mass is 19.3. The molecule has 0 aromatic carbocycles. The summed E-state index contributed by atoms with van der Waals surface area (Å²) in [6.07, 6.45) is 0.283. The van der Waals surface area contributed by atoms with E-state index in [0.717, 1.165) is 6.42 Å². The second-order valence-electron chi connectivity index (χ2n) is 4.06. The zero-order chi connectivity index (χ0) is 12.9. The van der Waals surface area contributed by atoms with Crippen molar-refractivity contribution in [1.82, 2.24) is 16.0 Å². The first-order chi connectivity index (χ1) is 7.94. The van der Waals surface area contributed by atoms with Crippen molar-refractivity contribution in [3.63, 3.8) is 0 Å². The Kier molecular flexibility index (Phi) is 4.80. The predicted octanol–water partition coefficient (Wildman–Crippen LogP) is -0.374. The van der Waals surface area contributed by atoms with Crippen molar-refractivity contribution in [1.29, 1.82) is 0 Å². The van der Waals surface area contributed by atoms with Gasteiger partial charge in [0.25, 0.3) is 5.92 Å². The highest BCUT2D eigenvalue weighted by molar-refractivity contribution is 5.87. The summed E-state index contributed by atoms with van der Waals surface area (Å²) in [4.78, 5) is 22.6. The maximum Gasteiger partial charge on any atom is 0.262 e. The van der Waals surface area contributed by atoms with Crippen LogP contribution in [-0.4, -0.2) is 43.4 Å². The van der Waals surface area contributed by atoms with E-state index < -0.39 is 30.8 Å². The molecule has 3 N–H and O–H groups in total. The fourth-order valence-corrected chi connectivity index (χ4v) is 1.52. The van der Waals surface area contributed by atoms with Crippen molar-refractivity contribution in [3.05, 3.63) is 0 Å². The minimum atomic E-state index is -2.84. The Morgan fingerprint density at radius 2 is 2.12 bits per heavy atom. The number of nitrogens with one attached hydrogen (secondary N) is 3. The Morgan fingerprint density at radius 3 is 2.65 bits per heavy atom. The molecule has 0 aromatic heterocycles. The summed E-state index contributed by atoms with van der Waals surface area (Å²) >= 11 is 0. The number of rotatable bonds is 5. The van der Waals surface area contributed by atoms with Crippen LogP contribution in [0.3, 0.4) is 0 Å². The number of carbonyl (C=O) groups is 2. The van der Waals surface area contributed by atoms with Gasteiger partial charge < -0.3 is 10.6 Å². The van der Waals surface area contributed by atoms with Gasteiger partial charge in [-0.1, -0.05) is 6.92 Å². The molecule has 0 bridgehead atoms. The highest BCUT2D eigenvalue weighted by Crippen LogP contribution is 2.24. The fraction of sp³-hybridized carbons (Fsp3) is 0.800. The molecular formula is C10H17F2N3O2. The van der Waals surface area contributed by atoms with Gasteiger partial charge in [0, 0.05) is 13.0 Å². The van der Waals surface area contributed by atoms with E-state index in [2.05, 4.69) is 16.0 Å². The third-order valence-corrected chi connectivity index (χ3v) is 2.42. The van der Waals surface area contributed by atoms with Crippen LogP contribution in [-0.2, 0) is 9.59 Å². The Morgan fingerprint density at radius 1 is 1.41 bits per heavy atom. The van der Waals surface area contributed by atoms with Crippen LogP contribution in [0.2, 0.25) is 0 Å². The largest absolute Gasteiger partial charge is 0.355 e.